The Morgan fingerprint density at radius 2 is 1.96 bits per heavy atom. The predicted molar refractivity (Wildman–Crippen MR) is 109 cm³/mol. The first-order valence-electron chi connectivity index (χ1n) is 10.2. The quantitative estimate of drug-likeness (QED) is 0.583. The lowest BCUT2D eigenvalue weighted by molar-refractivity contribution is -0.116. The second-order valence-electron chi connectivity index (χ2n) is 9.27. The van der Waals surface area contributed by atoms with E-state index in [1.165, 1.54) is 24.0 Å². The lowest BCUT2D eigenvalue weighted by Crippen LogP contribution is -2.47. The number of pyridine rings is 1. The molecule has 5 rings (SSSR count). The summed E-state index contributed by atoms with van der Waals surface area (Å²) in [7, 11) is 0. The van der Waals surface area contributed by atoms with Gasteiger partial charge in [-0.1, -0.05) is 48.7 Å². The van der Waals surface area contributed by atoms with Gasteiger partial charge in [0, 0.05) is 24.2 Å². The summed E-state index contributed by atoms with van der Waals surface area (Å²) in [5, 5.41) is 0.700. The molecule has 2 nitrogen and oxygen atoms in total. The van der Waals surface area contributed by atoms with E-state index in [0.29, 0.717) is 22.6 Å². The second-order valence-corrected chi connectivity index (χ2v) is 9.71. The van der Waals surface area contributed by atoms with Gasteiger partial charge in [0.15, 0.2) is 5.78 Å². The number of carbonyl (C=O) groups excluding carboxylic acids is 1. The van der Waals surface area contributed by atoms with Gasteiger partial charge < -0.3 is 0 Å². The number of ketones is 1. The Kier molecular flexibility index (Phi) is 3.82. The summed E-state index contributed by atoms with van der Waals surface area (Å²) in [6, 6.07) is 2.05. The van der Waals surface area contributed by atoms with Crippen LogP contribution >= 0.6 is 11.6 Å². The molecule has 27 heavy (non-hydrogen) atoms. The van der Waals surface area contributed by atoms with E-state index >= 15 is 0 Å². The molecule has 0 aliphatic heterocycles. The number of halogens is 1. The minimum absolute atomic E-state index is 0.0928. The maximum atomic E-state index is 12.0. The fourth-order valence-electron chi connectivity index (χ4n) is 6.53. The van der Waals surface area contributed by atoms with Crippen molar-refractivity contribution in [3.8, 4) is 0 Å². The van der Waals surface area contributed by atoms with Crippen molar-refractivity contribution in [2.75, 3.05) is 0 Å². The first kappa shape index (κ1) is 17.4. The van der Waals surface area contributed by atoms with Crippen LogP contribution in [0.1, 0.15) is 57.9 Å². The van der Waals surface area contributed by atoms with Crippen molar-refractivity contribution >= 4 is 23.0 Å². The van der Waals surface area contributed by atoms with Gasteiger partial charge in [-0.2, -0.15) is 0 Å². The molecule has 0 aromatic carbocycles. The molecule has 0 spiro atoms. The molecule has 1 heterocycles. The molecule has 0 saturated heterocycles. The van der Waals surface area contributed by atoms with E-state index in [9.17, 15) is 4.79 Å². The predicted octanol–water partition coefficient (Wildman–Crippen LogP) is 6.18. The lowest BCUT2D eigenvalue weighted by Gasteiger charge is -2.56. The van der Waals surface area contributed by atoms with Gasteiger partial charge in [-0.25, -0.2) is 0 Å². The zero-order chi connectivity index (χ0) is 18.8. The number of aromatic nitrogens is 1. The molecule has 140 valence electrons. The van der Waals surface area contributed by atoms with Crippen LogP contribution in [0.5, 0.6) is 0 Å². The zero-order valence-electron chi connectivity index (χ0n) is 16.1. The fraction of sp³-hybridized carbons (Fsp3) is 0.500. The molecule has 3 heteroatoms. The number of nitrogens with zero attached hydrogens (tertiary/aromatic N) is 1. The van der Waals surface area contributed by atoms with E-state index in [4.69, 9.17) is 11.6 Å². The molecular weight excluding hydrogens is 354 g/mol. The van der Waals surface area contributed by atoms with Crippen LogP contribution in [-0.2, 0) is 4.79 Å². The molecule has 1 aromatic heterocycles. The van der Waals surface area contributed by atoms with Crippen molar-refractivity contribution in [2.24, 2.45) is 22.7 Å². The monoisotopic (exact) mass is 379 g/mol. The van der Waals surface area contributed by atoms with Crippen molar-refractivity contribution in [2.45, 2.75) is 52.4 Å². The van der Waals surface area contributed by atoms with Crippen LogP contribution in [0, 0.1) is 22.7 Å². The Labute approximate surface area is 166 Å². The van der Waals surface area contributed by atoms with E-state index in [1.807, 2.05) is 18.3 Å². The molecule has 2 saturated carbocycles. The van der Waals surface area contributed by atoms with E-state index in [2.05, 4.69) is 31.0 Å². The van der Waals surface area contributed by atoms with Crippen LogP contribution in [0.2, 0.25) is 5.02 Å². The van der Waals surface area contributed by atoms with Crippen LogP contribution in [0.15, 0.2) is 47.8 Å². The third kappa shape index (κ3) is 2.45. The first-order chi connectivity index (χ1) is 12.9. The number of hydrogen-bond donors (Lipinski definition) is 0. The summed E-state index contributed by atoms with van der Waals surface area (Å²) in [5.41, 5.74) is 5.85. The highest BCUT2D eigenvalue weighted by Crippen LogP contribution is 2.65. The van der Waals surface area contributed by atoms with Crippen molar-refractivity contribution in [3.05, 3.63) is 58.4 Å². The van der Waals surface area contributed by atoms with Gasteiger partial charge in [0.1, 0.15) is 0 Å². The Hall–Kier alpha value is -1.67. The van der Waals surface area contributed by atoms with Crippen LogP contribution in [-0.4, -0.2) is 10.8 Å². The van der Waals surface area contributed by atoms with E-state index in [1.54, 1.807) is 11.8 Å². The smallest absolute Gasteiger partial charge is 0.155 e. The SMILES string of the molecule is CC12CCC3C(CCC4=CC(=O)CCC43C)C1=CC=C2c1cncc(Cl)c1. The Morgan fingerprint density at radius 3 is 2.78 bits per heavy atom. The Balaban J connectivity index is 1.50. The van der Waals surface area contributed by atoms with Crippen molar-refractivity contribution in [1.82, 2.24) is 4.98 Å². The van der Waals surface area contributed by atoms with E-state index in [0.717, 1.165) is 31.2 Å². The van der Waals surface area contributed by atoms with Crippen LogP contribution < -0.4 is 0 Å². The third-order valence-electron chi connectivity index (χ3n) is 8.02. The first-order valence-corrected chi connectivity index (χ1v) is 10.6. The average Bonchev–Trinajstić information content (AvgIpc) is 2.99. The highest BCUT2D eigenvalue weighted by Gasteiger charge is 2.54. The van der Waals surface area contributed by atoms with Crippen molar-refractivity contribution in [3.63, 3.8) is 0 Å². The summed E-state index contributed by atoms with van der Waals surface area (Å²) in [5.74, 6) is 1.62. The van der Waals surface area contributed by atoms with Gasteiger partial charge >= 0.3 is 0 Å². The molecule has 4 aliphatic rings. The van der Waals surface area contributed by atoms with Crippen molar-refractivity contribution in [1.29, 1.82) is 0 Å². The van der Waals surface area contributed by atoms with E-state index < -0.39 is 0 Å². The normalized spacial score (nSPS) is 37.6. The van der Waals surface area contributed by atoms with Crippen LogP contribution in [0.3, 0.4) is 0 Å². The maximum absolute atomic E-state index is 12.0. The molecule has 4 aliphatic carbocycles. The second kappa shape index (κ2) is 5.91. The molecule has 4 unspecified atom stereocenters. The highest BCUT2D eigenvalue weighted by atomic mass is 35.5. The standard InChI is InChI=1S/C24H26ClNO/c1-23-9-7-18(27)12-16(23)3-4-19-21-6-5-20(15-11-17(25)14-26-13-15)24(21,2)10-8-22(19)23/h5-6,11-14,19,22H,3-4,7-10H2,1-2H3. The van der Waals surface area contributed by atoms with Gasteiger partial charge in [0.2, 0.25) is 0 Å². The highest BCUT2D eigenvalue weighted by molar-refractivity contribution is 6.30. The number of hydrogen-bond acceptors (Lipinski definition) is 2. The molecule has 1 aromatic rings. The largest absolute Gasteiger partial charge is 0.295 e. The van der Waals surface area contributed by atoms with Gasteiger partial charge in [0.05, 0.1) is 5.02 Å². The van der Waals surface area contributed by atoms with Gasteiger partial charge in [0.25, 0.3) is 0 Å². The Bertz CT molecular complexity index is 926. The molecule has 0 bridgehead atoms. The molecule has 0 amide bonds. The van der Waals surface area contributed by atoms with Crippen molar-refractivity contribution < 1.29 is 4.79 Å². The molecular formula is C24H26ClNO. The Morgan fingerprint density at radius 1 is 1.11 bits per heavy atom. The molecule has 0 N–H and O–H groups in total. The maximum Gasteiger partial charge on any atom is 0.155 e. The minimum atomic E-state index is 0.0928. The summed E-state index contributed by atoms with van der Waals surface area (Å²) >= 11 is 6.22. The summed E-state index contributed by atoms with van der Waals surface area (Å²) < 4.78 is 0. The topological polar surface area (TPSA) is 30.0 Å². The third-order valence-corrected chi connectivity index (χ3v) is 8.23. The van der Waals surface area contributed by atoms with Gasteiger partial charge in [-0.3, -0.25) is 9.78 Å². The van der Waals surface area contributed by atoms with Crippen LogP contribution in [0.25, 0.3) is 5.57 Å². The molecule has 0 radical (unpaired) electrons. The summed E-state index contributed by atoms with van der Waals surface area (Å²) in [6.07, 6.45) is 16.7. The minimum Gasteiger partial charge on any atom is -0.295 e. The number of carbonyl (C=O) groups is 1. The fourth-order valence-corrected chi connectivity index (χ4v) is 6.70. The molecule has 2 fully saturated rings. The van der Waals surface area contributed by atoms with E-state index in [-0.39, 0.29) is 10.8 Å². The molecule has 4 atom stereocenters. The zero-order valence-corrected chi connectivity index (χ0v) is 16.9. The number of fused-ring (bicyclic) bond motifs is 5. The average molecular weight is 380 g/mol. The lowest BCUT2D eigenvalue weighted by atomic mass is 9.48. The van der Waals surface area contributed by atoms with Gasteiger partial charge in [-0.15, -0.1) is 0 Å². The van der Waals surface area contributed by atoms with Gasteiger partial charge in [-0.05, 0) is 72.6 Å². The number of rotatable bonds is 1. The number of allylic oxidation sites excluding steroid dienone is 6. The summed E-state index contributed by atoms with van der Waals surface area (Å²) in [6.45, 7) is 4.84. The van der Waals surface area contributed by atoms with Crippen LogP contribution in [0.4, 0.5) is 0 Å². The summed E-state index contributed by atoms with van der Waals surface area (Å²) in [4.78, 5) is 16.3.